The van der Waals surface area contributed by atoms with E-state index in [0.717, 1.165) is 5.82 Å². The van der Waals surface area contributed by atoms with E-state index in [0.29, 0.717) is 40.5 Å². The number of nitrogens with one attached hydrogen (secondary N) is 1. The molecule has 0 aliphatic carbocycles. The molecule has 2 aromatic heterocycles. The van der Waals surface area contributed by atoms with Crippen LogP contribution in [0.4, 0.5) is 10.9 Å². The number of pyridine rings is 1. The highest BCUT2D eigenvalue weighted by atomic mass is 32.2. The highest BCUT2D eigenvalue weighted by Crippen LogP contribution is 2.27. The minimum absolute atomic E-state index is 0. The zero-order valence-electron chi connectivity index (χ0n) is 19.9. The number of nitrogens with zero attached hydrogens (tertiary/aromatic N) is 4. The van der Waals surface area contributed by atoms with Gasteiger partial charge in [0, 0.05) is 40.7 Å². The summed E-state index contributed by atoms with van der Waals surface area (Å²) in [4.78, 5) is 30.0. The van der Waals surface area contributed by atoms with Crippen molar-refractivity contribution in [3.63, 3.8) is 0 Å². The molecule has 3 aromatic rings. The number of benzene rings is 1. The monoisotopic (exact) mass is 535 g/mol. The van der Waals surface area contributed by atoms with Gasteiger partial charge >= 0.3 is 0 Å². The summed E-state index contributed by atoms with van der Waals surface area (Å²) in [6.07, 6.45) is 0.793. The molecule has 0 radical (unpaired) electrons. The van der Waals surface area contributed by atoms with Gasteiger partial charge < -0.3 is 19.6 Å². The molecule has 0 spiro atoms. The molecule has 1 atom stereocenters. The molecule has 1 fully saturated rings. The smallest absolute Gasteiger partial charge is 0.280 e. The van der Waals surface area contributed by atoms with Crippen LogP contribution in [-0.4, -0.2) is 80.9 Å². The van der Waals surface area contributed by atoms with E-state index in [2.05, 4.69) is 20.4 Å². The second-order valence-electron chi connectivity index (χ2n) is 8.27. The SMILES string of the molecule is CN(C)c1ccc2nc(NC(=O)/C(=N/OCCCO)c3ccc(S(=O)(=O)[C@H]4CCOC4)cc3)sc2n1.[HH]. The van der Waals surface area contributed by atoms with Crippen molar-refractivity contribution in [2.24, 2.45) is 5.16 Å². The van der Waals surface area contributed by atoms with Gasteiger partial charge in [-0.2, -0.15) is 0 Å². The Morgan fingerprint density at radius 2 is 2.06 bits per heavy atom. The zero-order chi connectivity index (χ0) is 25.7. The van der Waals surface area contributed by atoms with Crippen molar-refractivity contribution < 1.29 is 29.3 Å². The van der Waals surface area contributed by atoms with Crippen LogP contribution in [0, 0.1) is 0 Å². The number of ether oxygens (including phenoxy) is 1. The molecule has 3 heterocycles. The predicted octanol–water partition coefficient (Wildman–Crippen LogP) is 2.31. The molecular weight excluding hydrogens is 506 g/mol. The van der Waals surface area contributed by atoms with E-state index in [1.807, 2.05) is 31.1 Å². The Hall–Kier alpha value is -3.13. The number of thiazole rings is 1. The second-order valence-corrected chi connectivity index (χ2v) is 11.5. The van der Waals surface area contributed by atoms with E-state index in [-0.39, 0.29) is 31.9 Å². The number of oxime groups is 1. The third kappa shape index (κ3) is 5.81. The number of carbonyl (C=O) groups excluding carboxylic acids is 1. The molecule has 1 aromatic carbocycles. The fourth-order valence-corrected chi connectivity index (χ4v) is 5.89. The van der Waals surface area contributed by atoms with Crippen molar-refractivity contribution in [2.75, 3.05) is 50.7 Å². The highest BCUT2D eigenvalue weighted by molar-refractivity contribution is 7.92. The average Bonchev–Trinajstić information content (AvgIpc) is 3.54. The molecule has 1 aliphatic rings. The van der Waals surface area contributed by atoms with Crippen LogP contribution in [0.15, 0.2) is 46.4 Å². The van der Waals surface area contributed by atoms with E-state index in [1.54, 1.807) is 0 Å². The Kier molecular flexibility index (Phi) is 8.14. The van der Waals surface area contributed by atoms with Crippen molar-refractivity contribution in [1.29, 1.82) is 0 Å². The van der Waals surface area contributed by atoms with Crippen molar-refractivity contribution in [2.45, 2.75) is 23.0 Å². The largest absolute Gasteiger partial charge is 0.396 e. The van der Waals surface area contributed by atoms with Crippen LogP contribution in [0.5, 0.6) is 0 Å². The molecule has 0 unspecified atom stereocenters. The summed E-state index contributed by atoms with van der Waals surface area (Å²) in [5.74, 6) is 0.188. The lowest BCUT2D eigenvalue weighted by atomic mass is 10.1. The van der Waals surface area contributed by atoms with E-state index in [1.165, 1.54) is 35.6 Å². The first-order valence-corrected chi connectivity index (χ1v) is 13.6. The highest BCUT2D eigenvalue weighted by Gasteiger charge is 2.31. The predicted molar refractivity (Wildman–Crippen MR) is 140 cm³/mol. The van der Waals surface area contributed by atoms with Crippen molar-refractivity contribution in [3.8, 4) is 0 Å². The van der Waals surface area contributed by atoms with Crippen molar-refractivity contribution in [3.05, 3.63) is 42.0 Å². The number of hydrogen-bond acceptors (Lipinski definition) is 11. The van der Waals surface area contributed by atoms with E-state index in [4.69, 9.17) is 14.7 Å². The molecule has 2 N–H and O–H groups in total. The summed E-state index contributed by atoms with van der Waals surface area (Å²) in [5.41, 5.74) is 0.957. The topological polar surface area (TPSA) is 143 Å². The van der Waals surface area contributed by atoms with Crippen LogP contribution >= 0.6 is 11.3 Å². The molecule has 1 saturated heterocycles. The summed E-state index contributed by atoms with van der Waals surface area (Å²) < 4.78 is 30.9. The van der Waals surface area contributed by atoms with Crippen LogP contribution in [0.2, 0.25) is 0 Å². The van der Waals surface area contributed by atoms with Gasteiger partial charge in [0.05, 0.1) is 16.8 Å². The Labute approximate surface area is 214 Å². The van der Waals surface area contributed by atoms with Crippen molar-refractivity contribution >= 4 is 54.1 Å². The summed E-state index contributed by atoms with van der Waals surface area (Å²) in [6, 6.07) is 9.58. The molecular formula is C23H29N5O6S2. The minimum Gasteiger partial charge on any atom is -0.396 e. The Balaban J connectivity index is 0.00000380. The number of anilines is 2. The first-order chi connectivity index (χ1) is 17.3. The third-order valence-corrected chi connectivity index (χ3v) is 8.53. The standard InChI is InChI=1S/C23H27N5O6S2.H2/c1-28(2)19-9-8-18-22(25-19)35-23(24-18)26-21(30)20(27-34-12-3-11-29)15-4-6-16(7-5-15)36(31,32)17-10-13-33-14-17;/h4-9,17,29H,3,10-14H2,1-2H3,(H,24,26,30);1H/b27-20+;/t17-;/m0./s1. The van der Waals surface area contributed by atoms with Gasteiger partial charge in [-0.25, -0.2) is 18.4 Å². The van der Waals surface area contributed by atoms with Crippen LogP contribution in [-0.2, 0) is 24.2 Å². The van der Waals surface area contributed by atoms with Gasteiger partial charge in [0.1, 0.15) is 22.8 Å². The molecule has 1 aliphatic heterocycles. The van der Waals surface area contributed by atoms with E-state index in [9.17, 15) is 13.2 Å². The molecule has 11 nitrogen and oxygen atoms in total. The quantitative estimate of drug-likeness (QED) is 0.227. The molecule has 4 rings (SSSR count). The molecule has 1 amide bonds. The lowest BCUT2D eigenvalue weighted by molar-refractivity contribution is -0.110. The normalized spacial score (nSPS) is 16.3. The number of fused-ring (bicyclic) bond motifs is 1. The minimum atomic E-state index is -3.54. The maximum atomic E-state index is 13.2. The Morgan fingerprint density at radius 3 is 2.72 bits per heavy atom. The number of carbonyl (C=O) groups is 1. The summed E-state index contributed by atoms with van der Waals surface area (Å²) in [7, 11) is 0.227. The summed E-state index contributed by atoms with van der Waals surface area (Å²) in [5, 5.41) is 15.4. The van der Waals surface area contributed by atoms with Gasteiger partial charge in [0.2, 0.25) is 0 Å². The van der Waals surface area contributed by atoms with Gasteiger partial charge in [-0.3, -0.25) is 10.1 Å². The summed E-state index contributed by atoms with van der Waals surface area (Å²) in [6.45, 7) is 0.620. The van der Waals surface area contributed by atoms with Gasteiger partial charge in [0.25, 0.3) is 5.91 Å². The maximum absolute atomic E-state index is 13.2. The van der Waals surface area contributed by atoms with E-state index >= 15 is 0 Å². The molecule has 194 valence electrons. The van der Waals surface area contributed by atoms with Crippen LogP contribution < -0.4 is 10.2 Å². The number of hydrogen-bond donors (Lipinski definition) is 2. The number of aromatic nitrogens is 2. The molecule has 36 heavy (non-hydrogen) atoms. The van der Waals surface area contributed by atoms with Crippen LogP contribution in [0.3, 0.4) is 0 Å². The van der Waals surface area contributed by atoms with Gasteiger partial charge in [-0.05, 0) is 30.7 Å². The second kappa shape index (κ2) is 11.3. The fraction of sp³-hybridized carbons (Fsp3) is 0.391. The first kappa shape index (κ1) is 25.9. The van der Waals surface area contributed by atoms with Crippen LogP contribution in [0.25, 0.3) is 10.3 Å². The lowest BCUT2D eigenvalue weighted by Gasteiger charge is -2.11. The molecule has 0 saturated carbocycles. The lowest BCUT2D eigenvalue weighted by Crippen LogP contribution is -2.25. The van der Waals surface area contributed by atoms with E-state index < -0.39 is 21.0 Å². The van der Waals surface area contributed by atoms with Gasteiger partial charge in [0.15, 0.2) is 20.7 Å². The van der Waals surface area contributed by atoms with Crippen LogP contribution in [0.1, 0.15) is 19.8 Å². The average molecular weight is 536 g/mol. The zero-order valence-corrected chi connectivity index (χ0v) is 21.5. The van der Waals surface area contributed by atoms with Gasteiger partial charge in [-0.15, -0.1) is 0 Å². The third-order valence-electron chi connectivity index (χ3n) is 5.47. The van der Waals surface area contributed by atoms with Gasteiger partial charge in [-0.1, -0.05) is 28.6 Å². The number of amides is 1. The maximum Gasteiger partial charge on any atom is 0.280 e. The fourth-order valence-electron chi connectivity index (χ4n) is 3.48. The Bertz CT molecular complexity index is 1360. The van der Waals surface area contributed by atoms with Crippen molar-refractivity contribution in [1.82, 2.24) is 9.97 Å². The Morgan fingerprint density at radius 1 is 1.28 bits per heavy atom. The first-order valence-electron chi connectivity index (χ1n) is 11.3. The number of aliphatic hydroxyl groups is 1. The number of sulfone groups is 1. The molecule has 0 bridgehead atoms. The number of rotatable bonds is 10. The molecule has 13 heteroatoms. The number of aliphatic hydroxyl groups excluding tert-OH is 1. The summed E-state index contributed by atoms with van der Waals surface area (Å²) >= 11 is 1.22.